The molecule has 4 aliphatic rings. The summed E-state index contributed by atoms with van der Waals surface area (Å²) in [7, 11) is 0. The lowest BCUT2D eigenvalue weighted by Gasteiger charge is -2.61. The van der Waals surface area contributed by atoms with Crippen molar-refractivity contribution < 1.29 is 10.2 Å². The van der Waals surface area contributed by atoms with Crippen LogP contribution in [0.15, 0.2) is 30.5 Å². The van der Waals surface area contributed by atoms with Gasteiger partial charge in [-0.05, 0) is 67.5 Å². The van der Waals surface area contributed by atoms with Gasteiger partial charge in [-0.3, -0.25) is 0 Å². The van der Waals surface area contributed by atoms with Gasteiger partial charge in [-0.2, -0.15) is 0 Å². The predicted octanol–water partition coefficient (Wildman–Crippen LogP) is 3.49. The van der Waals surface area contributed by atoms with E-state index in [1.807, 2.05) is 6.07 Å². The molecule has 0 radical (unpaired) electrons. The lowest BCUT2D eigenvalue weighted by atomic mass is 9.51. The Morgan fingerprint density at radius 2 is 1.96 bits per heavy atom. The summed E-state index contributed by atoms with van der Waals surface area (Å²) in [5.41, 5.74) is 1.48. The zero-order valence-electron chi connectivity index (χ0n) is 14.2. The van der Waals surface area contributed by atoms with Crippen LogP contribution >= 0.6 is 0 Å². The van der Waals surface area contributed by atoms with Crippen molar-refractivity contribution >= 4 is 0 Å². The minimum Gasteiger partial charge on any atom is -0.508 e. The third-order valence-corrected chi connectivity index (χ3v) is 7.33. The monoisotopic (exact) mass is 325 g/mol. The van der Waals surface area contributed by atoms with Crippen molar-refractivity contribution in [3.8, 4) is 5.75 Å². The molecule has 0 aromatic heterocycles. The number of hydrogen-bond acceptors (Lipinski definition) is 3. The fourth-order valence-corrected chi connectivity index (χ4v) is 5.80. The molecule has 2 saturated carbocycles. The number of rotatable bonds is 2. The van der Waals surface area contributed by atoms with E-state index in [4.69, 9.17) is 0 Å². The molecular formula is C21H27NO2. The smallest absolute Gasteiger partial charge is 0.115 e. The second-order valence-electron chi connectivity index (χ2n) is 8.47. The summed E-state index contributed by atoms with van der Waals surface area (Å²) in [5.74, 6) is 1.12. The largest absolute Gasteiger partial charge is 0.508 e. The number of fused-ring (bicyclic) bond motifs is 1. The van der Waals surface area contributed by atoms with Gasteiger partial charge in [-0.1, -0.05) is 31.4 Å². The van der Waals surface area contributed by atoms with Crippen LogP contribution in [0.5, 0.6) is 5.75 Å². The highest BCUT2D eigenvalue weighted by Gasteiger charge is 2.61. The minimum atomic E-state index is -0.690. The van der Waals surface area contributed by atoms with Crippen molar-refractivity contribution in [3.05, 3.63) is 41.6 Å². The number of hydrogen-bond donors (Lipinski definition) is 2. The quantitative estimate of drug-likeness (QED) is 0.875. The molecule has 1 aliphatic heterocycles. The van der Waals surface area contributed by atoms with E-state index < -0.39 is 5.60 Å². The molecule has 24 heavy (non-hydrogen) atoms. The highest BCUT2D eigenvalue weighted by atomic mass is 16.3. The fourth-order valence-electron chi connectivity index (χ4n) is 5.80. The summed E-state index contributed by atoms with van der Waals surface area (Å²) in [5, 5.41) is 21.9. The molecule has 0 spiro atoms. The lowest BCUT2D eigenvalue weighted by molar-refractivity contribution is -0.124. The molecule has 0 saturated heterocycles. The maximum Gasteiger partial charge on any atom is 0.115 e. The molecule has 1 aromatic rings. The summed E-state index contributed by atoms with van der Waals surface area (Å²) >= 11 is 0. The molecule has 0 amide bonds. The van der Waals surface area contributed by atoms with E-state index in [0.717, 1.165) is 44.6 Å². The van der Waals surface area contributed by atoms with Gasteiger partial charge < -0.3 is 15.1 Å². The maximum atomic E-state index is 11.9. The summed E-state index contributed by atoms with van der Waals surface area (Å²) in [6, 6.07) is 5.97. The third kappa shape index (κ3) is 1.82. The minimum absolute atomic E-state index is 0.181. The SMILES string of the molecule is Oc1ccc2c(c1)[C@]13C=CN(CC4CCC4)[C@H](C2)[C@]1(O)CCCC3. The molecule has 0 unspecified atom stereocenters. The highest BCUT2D eigenvalue weighted by molar-refractivity contribution is 5.51. The van der Waals surface area contributed by atoms with Crippen LogP contribution in [-0.4, -0.2) is 33.3 Å². The van der Waals surface area contributed by atoms with Crippen LogP contribution in [0, 0.1) is 5.92 Å². The fraction of sp³-hybridized carbons (Fsp3) is 0.619. The van der Waals surface area contributed by atoms with E-state index in [-0.39, 0.29) is 11.5 Å². The van der Waals surface area contributed by atoms with Crippen LogP contribution in [0.2, 0.25) is 0 Å². The topological polar surface area (TPSA) is 43.7 Å². The number of phenols is 1. The molecule has 3 heteroatoms. The van der Waals surface area contributed by atoms with Crippen LogP contribution in [0.1, 0.15) is 56.1 Å². The standard InChI is InChI=1S/C21H27NO2/c23-17-7-6-16-12-19-21(24)9-2-1-8-20(21,18(16)13-17)10-11-22(19)14-15-4-3-5-15/h6-7,10-11,13,15,19,23-24H,1-5,8-9,12,14H2/t19-,20+,21-/m1/s1. The van der Waals surface area contributed by atoms with Crippen molar-refractivity contribution in [1.82, 2.24) is 4.90 Å². The molecule has 3 aliphatic carbocycles. The lowest BCUT2D eigenvalue weighted by Crippen LogP contribution is -2.69. The van der Waals surface area contributed by atoms with Crippen molar-refractivity contribution in [2.75, 3.05) is 6.54 Å². The van der Waals surface area contributed by atoms with E-state index >= 15 is 0 Å². The van der Waals surface area contributed by atoms with E-state index in [0.29, 0.717) is 5.75 Å². The Balaban J connectivity index is 1.63. The Morgan fingerprint density at radius 1 is 1.12 bits per heavy atom. The van der Waals surface area contributed by atoms with E-state index in [2.05, 4.69) is 23.2 Å². The second kappa shape index (κ2) is 5.01. The van der Waals surface area contributed by atoms with Gasteiger partial charge in [0.2, 0.25) is 0 Å². The summed E-state index contributed by atoms with van der Waals surface area (Å²) in [6.07, 6.45) is 13.6. The summed E-state index contributed by atoms with van der Waals surface area (Å²) in [6.45, 7) is 1.09. The molecule has 5 rings (SSSR count). The third-order valence-electron chi connectivity index (χ3n) is 7.33. The van der Waals surface area contributed by atoms with Gasteiger partial charge in [0.25, 0.3) is 0 Å². The second-order valence-corrected chi connectivity index (χ2v) is 8.47. The van der Waals surface area contributed by atoms with Crippen molar-refractivity contribution in [1.29, 1.82) is 0 Å². The Morgan fingerprint density at radius 3 is 2.75 bits per heavy atom. The van der Waals surface area contributed by atoms with Crippen LogP contribution < -0.4 is 0 Å². The number of phenolic OH excluding ortho intramolecular Hbond substituents is 1. The first-order valence-corrected chi connectivity index (χ1v) is 9.62. The van der Waals surface area contributed by atoms with Crippen LogP contribution in [0.3, 0.4) is 0 Å². The molecule has 1 heterocycles. The number of aromatic hydroxyl groups is 1. The molecule has 2 bridgehead atoms. The van der Waals surface area contributed by atoms with E-state index in [1.165, 1.54) is 30.4 Å². The van der Waals surface area contributed by atoms with Gasteiger partial charge in [0.1, 0.15) is 5.75 Å². The zero-order valence-corrected chi connectivity index (χ0v) is 14.2. The molecule has 3 atom stereocenters. The molecule has 1 aromatic carbocycles. The Bertz CT molecular complexity index is 695. The highest BCUT2D eigenvalue weighted by Crippen LogP contribution is 2.57. The first-order chi connectivity index (χ1) is 11.6. The number of nitrogens with zero attached hydrogens (tertiary/aromatic N) is 1. The van der Waals surface area contributed by atoms with Crippen LogP contribution in [0.25, 0.3) is 0 Å². The van der Waals surface area contributed by atoms with Gasteiger partial charge >= 0.3 is 0 Å². The number of aliphatic hydroxyl groups is 1. The van der Waals surface area contributed by atoms with Crippen molar-refractivity contribution in [2.24, 2.45) is 5.92 Å². The van der Waals surface area contributed by atoms with E-state index in [1.54, 1.807) is 6.07 Å². The van der Waals surface area contributed by atoms with Gasteiger partial charge in [0.05, 0.1) is 11.6 Å². The van der Waals surface area contributed by atoms with Crippen LogP contribution in [0.4, 0.5) is 0 Å². The summed E-state index contributed by atoms with van der Waals surface area (Å²) < 4.78 is 0. The Kier molecular flexibility index (Phi) is 3.10. The molecule has 128 valence electrons. The maximum absolute atomic E-state index is 11.9. The van der Waals surface area contributed by atoms with Crippen LogP contribution in [-0.2, 0) is 11.8 Å². The first kappa shape index (κ1) is 14.8. The Labute approximate surface area is 144 Å². The molecule has 2 N–H and O–H groups in total. The van der Waals surface area contributed by atoms with Gasteiger partial charge in [0, 0.05) is 12.0 Å². The average molecular weight is 325 g/mol. The van der Waals surface area contributed by atoms with Gasteiger partial charge in [-0.25, -0.2) is 0 Å². The average Bonchev–Trinajstić information content (AvgIpc) is 2.53. The molecule has 3 nitrogen and oxygen atoms in total. The predicted molar refractivity (Wildman–Crippen MR) is 93.9 cm³/mol. The van der Waals surface area contributed by atoms with Gasteiger partial charge in [0.15, 0.2) is 0 Å². The molecular weight excluding hydrogens is 298 g/mol. The number of benzene rings is 1. The normalized spacial score (nSPS) is 37.5. The zero-order chi connectivity index (χ0) is 16.4. The first-order valence-electron chi connectivity index (χ1n) is 9.62. The van der Waals surface area contributed by atoms with E-state index in [9.17, 15) is 10.2 Å². The van der Waals surface area contributed by atoms with Crippen molar-refractivity contribution in [2.45, 2.75) is 68.4 Å². The van der Waals surface area contributed by atoms with Gasteiger partial charge in [-0.15, -0.1) is 0 Å². The molecule has 2 fully saturated rings. The summed E-state index contributed by atoms with van der Waals surface area (Å²) in [4.78, 5) is 2.45. The van der Waals surface area contributed by atoms with Crippen molar-refractivity contribution in [3.63, 3.8) is 0 Å². The Hall–Kier alpha value is -1.48.